The first kappa shape index (κ1) is 14.6. The Hall–Kier alpha value is -1.79. The van der Waals surface area contributed by atoms with Crippen molar-refractivity contribution in [1.82, 2.24) is 0 Å². The first-order chi connectivity index (χ1) is 9.47. The van der Waals surface area contributed by atoms with Crippen LogP contribution in [0.2, 0.25) is 0 Å². The molecular formula is C17H17O2P. The van der Waals surface area contributed by atoms with Gasteiger partial charge in [-0.3, -0.25) is 9.36 Å². The van der Waals surface area contributed by atoms with E-state index in [-0.39, 0.29) is 14.2 Å². The zero-order valence-electron chi connectivity index (χ0n) is 12.2. The predicted molar refractivity (Wildman–Crippen MR) is 82.5 cm³/mol. The van der Waals surface area contributed by atoms with Crippen molar-refractivity contribution in [2.24, 2.45) is 0 Å². The quantitative estimate of drug-likeness (QED) is 0.629. The average Bonchev–Trinajstić information content (AvgIpc) is 2.45. The van der Waals surface area contributed by atoms with Crippen LogP contribution in [0.4, 0.5) is 0 Å². The molecule has 0 bridgehead atoms. The van der Waals surface area contributed by atoms with Gasteiger partial charge in [-0.1, -0.05) is 18.2 Å². The van der Waals surface area contributed by atoms with Crippen LogP contribution in [0.5, 0.6) is 0 Å². The molecule has 0 saturated carbocycles. The monoisotopic (exact) mass is 284 g/mol. The van der Waals surface area contributed by atoms with Gasteiger partial charge in [-0.25, -0.2) is 0 Å². The van der Waals surface area contributed by atoms with E-state index < -0.39 is 0 Å². The summed E-state index contributed by atoms with van der Waals surface area (Å²) in [4.78, 5) is 12.8. The lowest BCUT2D eigenvalue weighted by atomic mass is 9.89. The molecule has 0 atom stereocenters. The molecule has 0 aromatic heterocycles. The Balaban J connectivity index is 2.69. The normalized spacial score (nSPS) is 10.8. The molecule has 0 spiro atoms. The molecule has 0 aliphatic rings. The van der Waals surface area contributed by atoms with Gasteiger partial charge in [0, 0.05) is 11.1 Å². The minimum atomic E-state index is -0.124. The number of aryl methyl sites for hydroxylation is 2. The first-order valence-corrected chi connectivity index (χ1v) is 7.33. The SMILES string of the molecule is Cc1cc(C)c(C)c(C(=O)c2ccccc2P=O)c1C. The van der Waals surface area contributed by atoms with Gasteiger partial charge in [0.1, 0.15) is 0 Å². The zero-order chi connectivity index (χ0) is 14.9. The molecule has 0 fully saturated rings. The number of ketones is 1. The third-order valence-corrected chi connectivity index (χ3v) is 4.43. The fraction of sp³-hybridized carbons (Fsp3) is 0.235. The van der Waals surface area contributed by atoms with Crippen molar-refractivity contribution in [2.45, 2.75) is 27.7 Å². The van der Waals surface area contributed by atoms with E-state index in [4.69, 9.17) is 0 Å². The molecule has 102 valence electrons. The van der Waals surface area contributed by atoms with Gasteiger partial charge in [0.2, 0.25) is 0 Å². The highest BCUT2D eigenvalue weighted by Gasteiger charge is 2.19. The second-order valence-corrected chi connectivity index (χ2v) is 5.74. The van der Waals surface area contributed by atoms with Crippen molar-refractivity contribution in [3.05, 3.63) is 63.7 Å². The Labute approximate surface area is 121 Å². The minimum absolute atomic E-state index is 0.0502. The summed E-state index contributed by atoms with van der Waals surface area (Å²) in [5.74, 6) is -0.0502. The van der Waals surface area contributed by atoms with Gasteiger partial charge in [-0.05, 0) is 62.1 Å². The summed E-state index contributed by atoms with van der Waals surface area (Å²) in [7, 11) is -0.124. The van der Waals surface area contributed by atoms with Gasteiger partial charge >= 0.3 is 0 Å². The predicted octanol–water partition coefficient (Wildman–Crippen LogP) is 4.07. The van der Waals surface area contributed by atoms with Crippen LogP contribution in [-0.2, 0) is 4.57 Å². The first-order valence-electron chi connectivity index (χ1n) is 6.52. The Morgan fingerprint density at radius 2 is 1.50 bits per heavy atom. The fourth-order valence-electron chi connectivity index (χ4n) is 2.44. The number of rotatable bonds is 3. The number of carbonyl (C=O) groups is 1. The van der Waals surface area contributed by atoms with Crippen LogP contribution < -0.4 is 5.30 Å². The van der Waals surface area contributed by atoms with E-state index in [1.54, 1.807) is 24.3 Å². The van der Waals surface area contributed by atoms with Crippen molar-refractivity contribution >= 4 is 19.5 Å². The van der Waals surface area contributed by atoms with Crippen LogP contribution in [0.15, 0.2) is 30.3 Å². The molecule has 2 rings (SSSR count). The third kappa shape index (κ3) is 2.44. The summed E-state index contributed by atoms with van der Waals surface area (Å²) < 4.78 is 11.2. The van der Waals surface area contributed by atoms with E-state index in [0.717, 1.165) is 27.8 Å². The van der Waals surface area contributed by atoms with Gasteiger partial charge in [0.15, 0.2) is 14.2 Å². The highest BCUT2D eigenvalue weighted by molar-refractivity contribution is 7.34. The van der Waals surface area contributed by atoms with E-state index in [2.05, 4.69) is 6.07 Å². The van der Waals surface area contributed by atoms with E-state index in [1.165, 1.54) is 0 Å². The van der Waals surface area contributed by atoms with Crippen molar-refractivity contribution < 1.29 is 9.36 Å². The van der Waals surface area contributed by atoms with E-state index in [9.17, 15) is 9.36 Å². The number of carbonyl (C=O) groups excluding carboxylic acids is 1. The Morgan fingerprint density at radius 1 is 0.950 bits per heavy atom. The molecule has 0 heterocycles. The molecule has 0 amide bonds. The van der Waals surface area contributed by atoms with E-state index >= 15 is 0 Å². The second kappa shape index (κ2) is 5.68. The highest BCUT2D eigenvalue weighted by atomic mass is 31.1. The Kier molecular flexibility index (Phi) is 4.15. The van der Waals surface area contributed by atoms with E-state index in [1.807, 2.05) is 27.7 Å². The minimum Gasteiger partial charge on any atom is -0.289 e. The molecule has 2 aromatic carbocycles. The average molecular weight is 284 g/mol. The van der Waals surface area contributed by atoms with Crippen molar-refractivity contribution in [1.29, 1.82) is 0 Å². The topological polar surface area (TPSA) is 34.1 Å². The molecule has 20 heavy (non-hydrogen) atoms. The molecule has 2 aromatic rings. The van der Waals surface area contributed by atoms with Gasteiger partial charge in [0.05, 0.1) is 5.30 Å². The maximum atomic E-state index is 12.8. The molecule has 0 aliphatic carbocycles. The summed E-state index contributed by atoms with van der Waals surface area (Å²) in [5.41, 5.74) is 5.45. The molecule has 3 heteroatoms. The van der Waals surface area contributed by atoms with Crippen LogP contribution >= 0.6 is 8.46 Å². The number of hydrogen-bond acceptors (Lipinski definition) is 2. The molecule has 0 aliphatic heterocycles. The van der Waals surface area contributed by atoms with Gasteiger partial charge in [0.25, 0.3) is 0 Å². The van der Waals surface area contributed by atoms with Gasteiger partial charge < -0.3 is 0 Å². The lowest BCUT2D eigenvalue weighted by Crippen LogP contribution is -2.15. The summed E-state index contributed by atoms with van der Waals surface area (Å²) >= 11 is 0. The summed E-state index contributed by atoms with van der Waals surface area (Å²) in [6.07, 6.45) is 0. The van der Waals surface area contributed by atoms with Crippen LogP contribution in [-0.4, -0.2) is 5.78 Å². The zero-order valence-corrected chi connectivity index (χ0v) is 13.0. The summed E-state index contributed by atoms with van der Waals surface area (Å²) in [5, 5.41) is 0.537. The number of benzene rings is 2. The summed E-state index contributed by atoms with van der Waals surface area (Å²) in [6, 6.07) is 9.14. The summed E-state index contributed by atoms with van der Waals surface area (Å²) in [6.45, 7) is 7.95. The van der Waals surface area contributed by atoms with Crippen molar-refractivity contribution in [3.63, 3.8) is 0 Å². The van der Waals surface area contributed by atoms with Crippen LogP contribution in [0, 0.1) is 27.7 Å². The van der Waals surface area contributed by atoms with Gasteiger partial charge in [-0.15, -0.1) is 0 Å². The standard InChI is InChI=1S/C17H17O2P/c1-10-9-11(2)13(4)16(12(10)3)17(18)14-7-5-6-8-15(14)20-19/h5-9H,1-4H3. The Bertz CT molecular complexity index is 676. The van der Waals surface area contributed by atoms with E-state index in [0.29, 0.717) is 10.9 Å². The lowest BCUT2D eigenvalue weighted by molar-refractivity contribution is 0.103. The molecule has 2 nitrogen and oxygen atoms in total. The second-order valence-electron chi connectivity index (χ2n) is 5.07. The van der Waals surface area contributed by atoms with Crippen molar-refractivity contribution in [3.8, 4) is 0 Å². The van der Waals surface area contributed by atoms with Gasteiger partial charge in [-0.2, -0.15) is 0 Å². The van der Waals surface area contributed by atoms with Crippen LogP contribution in [0.25, 0.3) is 0 Å². The molecule has 0 radical (unpaired) electrons. The fourth-order valence-corrected chi connectivity index (χ4v) is 2.86. The highest BCUT2D eigenvalue weighted by Crippen LogP contribution is 2.24. The maximum Gasteiger partial charge on any atom is 0.194 e. The van der Waals surface area contributed by atoms with Crippen LogP contribution in [0.3, 0.4) is 0 Å². The molecule has 0 saturated heterocycles. The van der Waals surface area contributed by atoms with Crippen molar-refractivity contribution in [2.75, 3.05) is 0 Å². The smallest absolute Gasteiger partial charge is 0.194 e. The third-order valence-electron chi connectivity index (χ3n) is 3.84. The largest absolute Gasteiger partial charge is 0.289 e. The maximum absolute atomic E-state index is 12.8. The molecular weight excluding hydrogens is 267 g/mol. The molecule has 0 N–H and O–H groups in total. The Morgan fingerprint density at radius 3 is 2.05 bits per heavy atom. The van der Waals surface area contributed by atoms with Crippen LogP contribution in [0.1, 0.15) is 38.2 Å². The number of hydrogen-bond donors (Lipinski definition) is 0. The lowest BCUT2D eigenvalue weighted by Gasteiger charge is -2.15. The molecule has 0 unspecified atom stereocenters.